The summed E-state index contributed by atoms with van der Waals surface area (Å²) in [5.41, 5.74) is 1.68. The van der Waals surface area contributed by atoms with E-state index in [0.717, 1.165) is 59.8 Å². The van der Waals surface area contributed by atoms with Crippen molar-refractivity contribution in [3.05, 3.63) is 29.4 Å². The molecule has 3 aromatic rings. The summed E-state index contributed by atoms with van der Waals surface area (Å²) < 4.78 is 6.58. The van der Waals surface area contributed by atoms with Crippen molar-refractivity contribution >= 4 is 44.9 Å². The van der Waals surface area contributed by atoms with E-state index in [4.69, 9.17) is 26.3 Å². The molecule has 2 aromatic heterocycles. The molecular weight excluding hydrogens is 470 g/mol. The summed E-state index contributed by atoms with van der Waals surface area (Å²) in [6.07, 6.45) is 2.97. The number of hydrogen-bond acceptors (Lipinski definition) is 8. The topological polar surface area (TPSA) is 92.2 Å². The summed E-state index contributed by atoms with van der Waals surface area (Å²) in [5.74, 6) is 2.88. The van der Waals surface area contributed by atoms with Gasteiger partial charge in [0, 0.05) is 32.4 Å². The van der Waals surface area contributed by atoms with Crippen molar-refractivity contribution in [2.75, 3.05) is 37.0 Å². The molecule has 4 atom stereocenters. The molecule has 3 N–H and O–H groups in total. The first-order valence-corrected chi connectivity index (χ1v) is 13.4. The molecule has 1 aliphatic heterocycles. The molecule has 0 bridgehead atoms. The Labute approximate surface area is 209 Å². The Morgan fingerprint density at radius 1 is 1.12 bits per heavy atom. The summed E-state index contributed by atoms with van der Waals surface area (Å²) in [6.45, 7) is 7.07. The van der Waals surface area contributed by atoms with Gasteiger partial charge in [0.1, 0.15) is 16.0 Å². The lowest BCUT2D eigenvalue weighted by Crippen LogP contribution is -2.26. The van der Waals surface area contributed by atoms with Crippen LogP contribution >= 0.6 is 22.9 Å². The third-order valence-electron chi connectivity index (χ3n) is 7.58. The van der Waals surface area contributed by atoms with Crippen molar-refractivity contribution in [3.8, 4) is 10.6 Å². The third-order valence-corrected chi connectivity index (χ3v) is 8.91. The van der Waals surface area contributed by atoms with Crippen molar-refractivity contribution in [2.45, 2.75) is 39.2 Å². The third kappa shape index (κ3) is 4.87. The number of thiazole rings is 1. The van der Waals surface area contributed by atoms with Crippen LogP contribution < -0.4 is 10.6 Å². The molecule has 2 fully saturated rings. The zero-order chi connectivity index (χ0) is 23.7. The lowest BCUT2D eigenvalue weighted by atomic mass is 9.92. The zero-order valence-electron chi connectivity index (χ0n) is 19.6. The van der Waals surface area contributed by atoms with Crippen molar-refractivity contribution in [1.29, 1.82) is 0 Å². The lowest BCUT2D eigenvalue weighted by molar-refractivity contribution is 0.0699. The van der Waals surface area contributed by atoms with Gasteiger partial charge in [-0.05, 0) is 55.1 Å². The van der Waals surface area contributed by atoms with E-state index in [1.165, 1.54) is 0 Å². The predicted molar refractivity (Wildman–Crippen MR) is 139 cm³/mol. The van der Waals surface area contributed by atoms with Crippen molar-refractivity contribution in [1.82, 2.24) is 15.0 Å². The van der Waals surface area contributed by atoms with Gasteiger partial charge in [-0.3, -0.25) is 0 Å². The van der Waals surface area contributed by atoms with E-state index in [2.05, 4.69) is 35.5 Å². The van der Waals surface area contributed by atoms with E-state index in [9.17, 15) is 5.11 Å². The highest BCUT2D eigenvalue weighted by Gasteiger charge is 2.38. The van der Waals surface area contributed by atoms with E-state index in [0.29, 0.717) is 34.7 Å². The minimum absolute atomic E-state index is 0.189. The molecule has 5 rings (SSSR count). The van der Waals surface area contributed by atoms with Gasteiger partial charge in [0.2, 0.25) is 5.95 Å². The Morgan fingerprint density at radius 3 is 2.65 bits per heavy atom. The van der Waals surface area contributed by atoms with Gasteiger partial charge in [-0.1, -0.05) is 37.6 Å². The normalized spacial score (nSPS) is 25.6. The number of anilines is 2. The average Bonchev–Trinajstić information content (AvgIpc) is 3.39. The number of aromatic nitrogens is 3. The van der Waals surface area contributed by atoms with E-state index in [1.54, 1.807) is 11.3 Å². The fourth-order valence-corrected chi connectivity index (χ4v) is 6.46. The molecular formula is C25H32ClN5O2S. The Kier molecular flexibility index (Phi) is 7.20. The second-order valence-corrected chi connectivity index (χ2v) is 11.0. The summed E-state index contributed by atoms with van der Waals surface area (Å²) in [6, 6.07) is 8.27. The van der Waals surface area contributed by atoms with Crippen LogP contribution in [0.2, 0.25) is 5.15 Å². The van der Waals surface area contributed by atoms with E-state index in [-0.39, 0.29) is 18.6 Å². The molecule has 0 amide bonds. The van der Waals surface area contributed by atoms with Gasteiger partial charge in [-0.25, -0.2) is 9.97 Å². The number of para-hydroxylation sites is 1. The Bertz CT molecular complexity index is 1100. The molecule has 4 unspecified atom stereocenters. The van der Waals surface area contributed by atoms with Gasteiger partial charge >= 0.3 is 0 Å². The van der Waals surface area contributed by atoms with Crippen LogP contribution in [0.5, 0.6) is 0 Å². The Balaban J connectivity index is 1.47. The van der Waals surface area contributed by atoms with E-state index in [1.807, 2.05) is 18.2 Å². The molecule has 0 radical (unpaired) electrons. The van der Waals surface area contributed by atoms with Gasteiger partial charge in [-0.2, -0.15) is 4.98 Å². The van der Waals surface area contributed by atoms with Crippen LogP contribution in [-0.2, 0) is 4.74 Å². The quantitative estimate of drug-likeness (QED) is 0.378. The van der Waals surface area contributed by atoms with Crippen molar-refractivity contribution in [3.63, 3.8) is 0 Å². The highest BCUT2D eigenvalue weighted by Crippen LogP contribution is 2.42. The highest BCUT2D eigenvalue weighted by molar-refractivity contribution is 7.21. The molecule has 9 heteroatoms. The second-order valence-electron chi connectivity index (χ2n) is 9.63. The largest absolute Gasteiger partial charge is 0.396 e. The molecule has 182 valence electrons. The minimum atomic E-state index is 0.189. The smallest absolute Gasteiger partial charge is 0.226 e. The predicted octanol–water partition coefficient (Wildman–Crippen LogP) is 5.31. The fraction of sp³-hybridized carbons (Fsp3) is 0.560. The number of nitrogens with zero attached hydrogens (tertiary/aromatic N) is 3. The maximum atomic E-state index is 9.83. The average molecular weight is 502 g/mol. The first-order chi connectivity index (χ1) is 16.5. The molecule has 3 heterocycles. The summed E-state index contributed by atoms with van der Waals surface area (Å²) in [5, 5.41) is 18.1. The summed E-state index contributed by atoms with van der Waals surface area (Å²) >= 11 is 8.40. The summed E-state index contributed by atoms with van der Waals surface area (Å²) in [4.78, 5) is 14.3. The number of aliphatic hydroxyl groups is 1. The maximum absolute atomic E-state index is 9.83. The van der Waals surface area contributed by atoms with Crippen LogP contribution in [-0.4, -0.2) is 52.5 Å². The lowest BCUT2D eigenvalue weighted by Gasteiger charge is -2.24. The van der Waals surface area contributed by atoms with Crippen LogP contribution in [0.1, 0.15) is 33.1 Å². The Morgan fingerprint density at radius 2 is 1.91 bits per heavy atom. The number of halogens is 1. The Hall–Kier alpha value is -2.00. The standard InChI is InChI=1S/C25H32ClN5O2S/c1-14-15(2)19(11-17(14)13-32)28-23-21(24-29-18-5-3-4-6-20(18)34-24)22(26)30-25(31-23)27-12-16-7-9-33-10-8-16/h3-6,14-17,19,32H,7-13H2,1-2H3,(H2,27,28,30,31). The van der Waals surface area contributed by atoms with E-state index >= 15 is 0 Å². The first-order valence-electron chi connectivity index (χ1n) is 12.2. The van der Waals surface area contributed by atoms with Crippen molar-refractivity contribution in [2.24, 2.45) is 23.7 Å². The van der Waals surface area contributed by atoms with Crippen LogP contribution in [0.15, 0.2) is 24.3 Å². The molecule has 1 aliphatic carbocycles. The fourth-order valence-electron chi connectivity index (χ4n) is 5.13. The number of ether oxygens (including phenoxy) is 1. The van der Waals surface area contributed by atoms with Crippen LogP contribution in [0.25, 0.3) is 20.8 Å². The van der Waals surface area contributed by atoms with Crippen LogP contribution in [0.3, 0.4) is 0 Å². The SMILES string of the molecule is CC1C(CO)CC(Nc2nc(NCC3CCOCC3)nc(Cl)c2-c2nc3ccccc3s2)C1C. The number of fused-ring (bicyclic) bond motifs is 1. The first kappa shape index (κ1) is 23.7. The number of rotatable bonds is 7. The number of benzene rings is 1. The number of aliphatic hydroxyl groups excluding tert-OH is 1. The van der Waals surface area contributed by atoms with Gasteiger partial charge in [0.15, 0.2) is 0 Å². The highest BCUT2D eigenvalue weighted by atomic mass is 35.5. The number of hydrogen-bond donors (Lipinski definition) is 3. The molecule has 1 saturated carbocycles. The van der Waals surface area contributed by atoms with Gasteiger partial charge < -0.3 is 20.5 Å². The zero-order valence-corrected chi connectivity index (χ0v) is 21.2. The van der Waals surface area contributed by atoms with E-state index < -0.39 is 0 Å². The van der Waals surface area contributed by atoms with Gasteiger partial charge in [0.25, 0.3) is 0 Å². The minimum Gasteiger partial charge on any atom is -0.396 e. The second kappa shape index (κ2) is 10.3. The molecule has 0 spiro atoms. The number of nitrogens with one attached hydrogen (secondary N) is 2. The van der Waals surface area contributed by atoms with Crippen LogP contribution in [0, 0.1) is 23.7 Å². The van der Waals surface area contributed by atoms with Crippen LogP contribution in [0.4, 0.5) is 11.8 Å². The molecule has 1 aromatic carbocycles. The molecule has 34 heavy (non-hydrogen) atoms. The van der Waals surface area contributed by atoms with Gasteiger partial charge in [0.05, 0.1) is 15.8 Å². The molecule has 1 saturated heterocycles. The monoisotopic (exact) mass is 501 g/mol. The maximum Gasteiger partial charge on any atom is 0.226 e. The van der Waals surface area contributed by atoms with Gasteiger partial charge in [-0.15, -0.1) is 11.3 Å². The molecule has 7 nitrogen and oxygen atoms in total. The van der Waals surface area contributed by atoms with Crippen molar-refractivity contribution < 1.29 is 9.84 Å². The molecule has 2 aliphatic rings. The summed E-state index contributed by atoms with van der Waals surface area (Å²) in [7, 11) is 0.